The van der Waals surface area contributed by atoms with Crippen molar-refractivity contribution in [3.63, 3.8) is 0 Å². The molecular formula is C20H16BrF3N2O2. The van der Waals surface area contributed by atoms with Gasteiger partial charge in [0.05, 0.1) is 28.1 Å². The predicted octanol–water partition coefficient (Wildman–Crippen LogP) is 4.89. The van der Waals surface area contributed by atoms with E-state index in [1.54, 1.807) is 0 Å². The van der Waals surface area contributed by atoms with Crippen molar-refractivity contribution in [2.45, 2.75) is 20.5 Å². The molecule has 0 spiro atoms. The molecule has 0 bridgehead atoms. The number of hydrogen-bond donors (Lipinski definition) is 2. The Kier molecular flexibility index (Phi) is 5.12. The maximum absolute atomic E-state index is 14.5. The van der Waals surface area contributed by atoms with Gasteiger partial charge in [-0.1, -0.05) is 6.58 Å². The summed E-state index contributed by atoms with van der Waals surface area (Å²) < 4.78 is 42.6. The van der Waals surface area contributed by atoms with Crippen molar-refractivity contribution in [2.24, 2.45) is 0 Å². The predicted molar refractivity (Wildman–Crippen MR) is 105 cm³/mol. The Balaban J connectivity index is 2.45. The van der Waals surface area contributed by atoms with Crippen molar-refractivity contribution in [2.75, 3.05) is 10.6 Å². The molecule has 3 N–H and O–H groups in total. The van der Waals surface area contributed by atoms with E-state index in [4.69, 9.17) is 5.73 Å². The number of nitrogen functional groups attached to an aromatic ring is 1. The third kappa shape index (κ3) is 2.93. The van der Waals surface area contributed by atoms with Crippen LogP contribution in [0.2, 0.25) is 0 Å². The molecule has 0 atom stereocenters. The molecule has 1 aliphatic rings. The van der Waals surface area contributed by atoms with Crippen molar-refractivity contribution >= 4 is 44.3 Å². The Hall–Kier alpha value is -2.58. The molecule has 1 heterocycles. The Morgan fingerprint density at radius 1 is 1.29 bits per heavy atom. The van der Waals surface area contributed by atoms with Crippen LogP contribution in [0.1, 0.15) is 23.6 Å². The van der Waals surface area contributed by atoms with Gasteiger partial charge >= 0.3 is 0 Å². The average molecular weight is 453 g/mol. The molecule has 146 valence electrons. The first-order chi connectivity index (χ1) is 13.1. The molecule has 28 heavy (non-hydrogen) atoms. The number of nitrogens with two attached hydrogens (primary N) is 1. The summed E-state index contributed by atoms with van der Waals surface area (Å²) in [7, 11) is 0. The summed E-state index contributed by atoms with van der Waals surface area (Å²) in [5, 5.41) is 9.68. The SMILES string of the molecule is C=C1C(C(C)=O)=CN(c2cc(N)c(F)cc2CO)c2c(C)c(F)c(F)c(Br)c21. The van der Waals surface area contributed by atoms with Crippen molar-refractivity contribution in [1.82, 2.24) is 0 Å². The topological polar surface area (TPSA) is 66.6 Å². The van der Waals surface area contributed by atoms with Crippen LogP contribution in [0.5, 0.6) is 0 Å². The molecule has 0 radical (unpaired) electrons. The molecular weight excluding hydrogens is 437 g/mol. The van der Waals surface area contributed by atoms with Crippen molar-refractivity contribution in [1.29, 1.82) is 0 Å². The number of ketones is 1. The average Bonchev–Trinajstić information content (AvgIpc) is 2.65. The molecule has 0 amide bonds. The minimum absolute atomic E-state index is 0.0394. The van der Waals surface area contributed by atoms with Crippen molar-refractivity contribution in [3.8, 4) is 0 Å². The highest BCUT2D eigenvalue weighted by Crippen LogP contribution is 2.48. The van der Waals surface area contributed by atoms with Gasteiger partial charge in [0.25, 0.3) is 0 Å². The van der Waals surface area contributed by atoms with E-state index < -0.39 is 24.1 Å². The number of rotatable bonds is 3. The van der Waals surface area contributed by atoms with Crippen molar-refractivity contribution in [3.05, 3.63) is 69.1 Å². The molecule has 4 nitrogen and oxygen atoms in total. The minimum atomic E-state index is -1.11. The molecule has 0 aromatic heterocycles. The molecule has 2 aromatic carbocycles. The van der Waals surface area contributed by atoms with E-state index in [1.807, 2.05) is 0 Å². The smallest absolute Gasteiger partial charge is 0.174 e. The lowest BCUT2D eigenvalue weighted by molar-refractivity contribution is -0.113. The maximum Gasteiger partial charge on any atom is 0.174 e. The van der Waals surface area contributed by atoms with Crippen LogP contribution in [0.4, 0.5) is 30.2 Å². The Bertz CT molecular complexity index is 1080. The van der Waals surface area contributed by atoms with Gasteiger partial charge in [-0.2, -0.15) is 0 Å². The molecule has 0 saturated heterocycles. The maximum atomic E-state index is 14.5. The number of hydrogen-bond acceptors (Lipinski definition) is 4. The van der Waals surface area contributed by atoms with Crippen LogP contribution in [0, 0.1) is 24.4 Å². The molecule has 0 fully saturated rings. The number of halogens is 4. The van der Waals surface area contributed by atoms with Gasteiger partial charge in [0.2, 0.25) is 0 Å². The lowest BCUT2D eigenvalue weighted by Gasteiger charge is -2.34. The second-order valence-corrected chi connectivity index (χ2v) is 7.19. The monoisotopic (exact) mass is 452 g/mol. The molecule has 1 aliphatic heterocycles. The first-order valence-corrected chi connectivity index (χ1v) is 8.96. The number of aliphatic hydroxyl groups is 1. The molecule has 0 aliphatic carbocycles. The number of carbonyl (C=O) groups excluding carboxylic acids is 1. The van der Waals surface area contributed by atoms with Crippen LogP contribution in [-0.4, -0.2) is 10.9 Å². The van der Waals surface area contributed by atoms with Gasteiger partial charge in [-0.25, -0.2) is 13.2 Å². The van der Waals surface area contributed by atoms with E-state index in [1.165, 1.54) is 31.0 Å². The highest BCUT2D eigenvalue weighted by atomic mass is 79.9. The first-order valence-electron chi connectivity index (χ1n) is 8.17. The van der Waals surface area contributed by atoms with Gasteiger partial charge in [0, 0.05) is 28.5 Å². The Morgan fingerprint density at radius 3 is 2.50 bits per heavy atom. The van der Waals surface area contributed by atoms with E-state index >= 15 is 0 Å². The van der Waals surface area contributed by atoms with Gasteiger partial charge in [0.1, 0.15) is 5.82 Å². The second-order valence-electron chi connectivity index (χ2n) is 6.40. The standard InChI is InChI=1S/C20H16BrF3N2O2/c1-8-12(10(3)28)6-26(15-5-14(25)13(22)4-11(15)7-27)20-9(2)18(23)19(24)17(21)16(8)20/h4-6,27H,1,7,25H2,2-3H3. The third-order valence-electron chi connectivity index (χ3n) is 4.66. The summed E-state index contributed by atoms with van der Waals surface area (Å²) in [6.45, 7) is 6.02. The molecule has 3 rings (SSSR count). The van der Waals surface area contributed by atoms with Gasteiger partial charge in [-0.3, -0.25) is 4.79 Å². The number of allylic oxidation sites excluding steroid dienone is 2. The van der Waals surface area contributed by atoms with Gasteiger partial charge < -0.3 is 15.7 Å². The fourth-order valence-corrected chi connectivity index (χ4v) is 3.81. The fourth-order valence-electron chi connectivity index (χ4n) is 3.21. The van der Waals surface area contributed by atoms with E-state index in [2.05, 4.69) is 22.5 Å². The zero-order valence-electron chi connectivity index (χ0n) is 15.0. The number of Topliss-reactive ketones (excluding diaryl/α,β-unsaturated/α-hetero) is 1. The molecule has 0 saturated carbocycles. The zero-order chi connectivity index (χ0) is 20.9. The largest absolute Gasteiger partial charge is 0.396 e. The van der Waals surface area contributed by atoms with Crippen LogP contribution < -0.4 is 10.6 Å². The summed E-state index contributed by atoms with van der Waals surface area (Å²) in [5.74, 6) is -3.27. The van der Waals surface area contributed by atoms with Gasteiger partial charge in [-0.05, 0) is 47.5 Å². The first kappa shape index (κ1) is 20.2. The summed E-state index contributed by atoms with van der Waals surface area (Å²) >= 11 is 3.05. The van der Waals surface area contributed by atoms with Gasteiger partial charge in [-0.15, -0.1) is 0 Å². The zero-order valence-corrected chi connectivity index (χ0v) is 16.6. The lowest BCUT2D eigenvalue weighted by atomic mass is 9.89. The number of aliphatic hydroxyl groups excluding tert-OH is 1. The number of nitrogens with zero attached hydrogens (tertiary/aromatic N) is 1. The fraction of sp³-hybridized carbons (Fsp3) is 0.150. The number of benzene rings is 2. The van der Waals surface area contributed by atoms with Crippen LogP contribution in [-0.2, 0) is 11.4 Å². The highest BCUT2D eigenvalue weighted by Gasteiger charge is 2.33. The van der Waals surface area contributed by atoms with E-state index in [0.717, 1.165) is 6.07 Å². The van der Waals surface area contributed by atoms with E-state index in [-0.39, 0.29) is 55.2 Å². The number of anilines is 3. The lowest BCUT2D eigenvalue weighted by Crippen LogP contribution is -2.23. The minimum Gasteiger partial charge on any atom is -0.396 e. The van der Waals surface area contributed by atoms with Crippen LogP contribution >= 0.6 is 15.9 Å². The molecule has 8 heteroatoms. The highest BCUT2D eigenvalue weighted by molar-refractivity contribution is 9.10. The Labute approximate surface area is 167 Å². The summed E-state index contributed by atoms with van der Waals surface area (Å²) in [6.07, 6.45) is 1.40. The second kappa shape index (κ2) is 7.10. The number of fused-ring (bicyclic) bond motifs is 1. The summed E-state index contributed by atoms with van der Waals surface area (Å²) in [4.78, 5) is 13.5. The summed E-state index contributed by atoms with van der Waals surface area (Å²) in [6, 6.07) is 2.32. The van der Waals surface area contributed by atoms with Crippen LogP contribution in [0.25, 0.3) is 5.57 Å². The van der Waals surface area contributed by atoms with Crippen LogP contribution in [0.15, 0.2) is 35.0 Å². The van der Waals surface area contributed by atoms with Crippen LogP contribution in [0.3, 0.4) is 0 Å². The normalized spacial score (nSPS) is 13.5. The quantitative estimate of drug-likeness (QED) is 0.513. The number of carbonyl (C=O) groups is 1. The summed E-state index contributed by atoms with van der Waals surface area (Å²) in [5.41, 5.74) is 6.61. The van der Waals surface area contributed by atoms with Crippen molar-refractivity contribution < 1.29 is 23.1 Å². The van der Waals surface area contributed by atoms with Gasteiger partial charge in [0.15, 0.2) is 17.4 Å². The van der Waals surface area contributed by atoms with E-state index in [9.17, 15) is 23.1 Å². The van der Waals surface area contributed by atoms with E-state index in [0.29, 0.717) is 0 Å². The molecule has 2 aromatic rings. The molecule has 0 unspecified atom stereocenters. The Morgan fingerprint density at radius 2 is 1.93 bits per heavy atom. The third-order valence-corrected chi connectivity index (χ3v) is 5.40.